The van der Waals surface area contributed by atoms with Crippen molar-refractivity contribution in [1.29, 1.82) is 0 Å². The number of carbonyl (C=O) groups is 2. The van der Waals surface area contributed by atoms with Gasteiger partial charge in [0.1, 0.15) is 5.76 Å². The minimum atomic E-state index is -0.249. The van der Waals surface area contributed by atoms with Gasteiger partial charge >= 0.3 is 0 Å². The summed E-state index contributed by atoms with van der Waals surface area (Å²) in [6, 6.07) is 13.2. The van der Waals surface area contributed by atoms with Crippen LogP contribution in [0.2, 0.25) is 0 Å². The molecule has 24 heavy (non-hydrogen) atoms. The molecule has 3 N–H and O–H groups in total. The van der Waals surface area contributed by atoms with Crippen LogP contribution >= 0.6 is 0 Å². The second-order valence-corrected chi connectivity index (χ2v) is 5.74. The topological polar surface area (TPSA) is 83.4 Å². The van der Waals surface area contributed by atoms with Crippen LogP contribution in [0, 0.1) is 0 Å². The molecule has 0 aliphatic carbocycles. The van der Waals surface area contributed by atoms with Gasteiger partial charge in [0.15, 0.2) is 0 Å². The summed E-state index contributed by atoms with van der Waals surface area (Å²) in [5.41, 5.74) is 0.998. The van der Waals surface area contributed by atoms with Gasteiger partial charge in [-0.05, 0) is 31.5 Å². The Morgan fingerprint density at radius 3 is 2.38 bits per heavy atom. The van der Waals surface area contributed by atoms with Gasteiger partial charge < -0.3 is 15.1 Å². The van der Waals surface area contributed by atoms with Crippen molar-refractivity contribution in [3.8, 4) is 0 Å². The van der Waals surface area contributed by atoms with Crippen LogP contribution in [-0.4, -0.2) is 30.9 Å². The smallest absolute Gasteiger partial charge is 0.239 e. The van der Waals surface area contributed by atoms with Crippen LogP contribution in [0.25, 0.3) is 0 Å². The summed E-state index contributed by atoms with van der Waals surface area (Å²) in [7, 11) is 0. The first kappa shape index (κ1) is 17.7. The van der Waals surface area contributed by atoms with Crippen LogP contribution < -0.4 is 16.0 Å². The fourth-order valence-electron chi connectivity index (χ4n) is 2.29. The molecular formula is C18H23N3O3. The van der Waals surface area contributed by atoms with Gasteiger partial charge in [-0.1, -0.05) is 30.3 Å². The van der Waals surface area contributed by atoms with E-state index < -0.39 is 0 Å². The van der Waals surface area contributed by atoms with Crippen LogP contribution in [0.3, 0.4) is 0 Å². The molecule has 2 amide bonds. The molecule has 0 aliphatic heterocycles. The normalized spacial score (nSPS) is 12.0. The third-order valence-corrected chi connectivity index (χ3v) is 3.32. The average Bonchev–Trinajstić information content (AvgIpc) is 3.08. The predicted molar refractivity (Wildman–Crippen MR) is 91.3 cm³/mol. The minimum Gasteiger partial charge on any atom is -0.467 e. The molecule has 1 atom stereocenters. The Labute approximate surface area is 141 Å². The van der Waals surface area contributed by atoms with Gasteiger partial charge in [0.05, 0.1) is 25.4 Å². The Kier molecular flexibility index (Phi) is 6.57. The fraction of sp³-hybridized carbons (Fsp3) is 0.333. The third kappa shape index (κ3) is 5.55. The first-order chi connectivity index (χ1) is 11.6. The van der Waals surface area contributed by atoms with Gasteiger partial charge in [-0.15, -0.1) is 0 Å². The van der Waals surface area contributed by atoms with Crippen LogP contribution in [0.1, 0.15) is 31.2 Å². The molecule has 0 radical (unpaired) electrons. The Balaban J connectivity index is 1.89. The van der Waals surface area contributed by atoms with E-state index in [9.17, 15) is 9.59 Å². The SMILES string of the molecule is CC(C)NC(=O)CNC(=O)CN[C@@H](c1ccccc1)c1ccco1. The molecule has 1 aromatic carbocycles. The summed E-state index contributed by atoms with van der Waals surface area (Å²) in [5, 5.41) is 8.48. The second-order valence-electron chi connectivity index (χ2n) is 5.74. The molecule has 128 valence electrons. The Hall–Kier alpha value is -2.60. The third-order valence-electron chi connectivity index (χ3n) is 3.32. The fourth-order valence-corrected chi connectivity index (χ4v) is 2.29. The maximum atomic E-state index is 12.0. The van der Waals surface area contributed by atoms with Crippen molar-refractivity contribution in [3.05, 3.63) is 60.1 Å². The number of hydrogen-bond donors (Lipinski definition) is 3. The van der Waals surface area contributed by atoms with Crippen LogP contribution in [-0.2, 0) is 9.59 Å². The van der Waals surface area contributed by atoms with E-state index in [0.29, 0.717) is 0 Å². The molecule has 1 aromatic heterocycles. The minimum absolute atomic E-state index is 0.0323. The molecule has 2 aromatic rings. The monoisotopic (exact) mass is 329 g/mol. The van der Waals surface area contributed by atoms with Crippen molar-refractivity contribution in [2.45, 2.75) is 25.9 Å². The molecule has 0 fully saturated rings. The highest BCUT2D eigenvalue weighted by molar-refractivity contribution is 5.85. The average molecular weight is 329 g/mol. The molecule has 0 aliphatic rings. The molecule has 0 saturated carbocycles. The van der Waals surface area contributed by atoms with E-state index in [2.05, 4.69) is 16.0 Å². The van der Waals surface area contributed by atoms with Crippen LogP contribution in [0.15, 0.2) is 53.1 Å². The maximum absolute atomic E-state index is 12.0. The lowest BCUT2D eigenvalue weighted by molar-refractivity contribution is -0.125. The summed E-state index contributed by atoms with van der Waals surface area (Å²) in [4.78, 5) is 23.5. The van der Waals surface area contributed by atoms with E-state index in [1.807, 2.05) is 56.3 Å². The lowest BCUT2D eigenvalue weighted by atomic mass is 10.0. The first-order valence-corrected chi connectivity index (χ1v) is 7.94. The summed E-state index contributed by atoms with van der Waals surface area (Å²) >= 11 is 0. The molecule has 0 bridgehead atoms. The number of carbonyl (C=O) groups excluding carboxylic acids is 2. The lowest BCUT2D eigenvalue weighted by Crippen LogP contribution is -2.43. The zero-order valence-electron chi connectivity index (χ0n) is 13.9. The van der Waals surface area contributed by atoms with Gasteiger partial charge in [0, 0.05) is 6.04 Å². The van der Waals surface area contributed by atoms with E-state index in [1.54, 1.807) is 6.26 Å². The largest absolute Gasteiger partial charge is 0.467 e. The number of amides is 2. The molecule has 6 nitrogen and oxygen atoms in total. The zero-order chi connectivity index (χ0) is 17.4. The van der Waals surface area contributed by atoms with Crippen LogP contribution in [0.5, 0.6) is 0 Å². The number of hydrogen-bond acceptors (Lipinski definition) is 4. The molecule has 0 unspecified atom stereocenters. The molecule has 0 spiro atoms. The van der Waals surface area contributed by atoms with Crippen LogP contribution in [0.4, 0.5) is 0 Å². The van der Waals surface area contributed by atoms with Crippen molar-refractivity contribution >= 4 is 11.8 Å². The summed E-state index contributed by atoms with van der Waals surface area (Å²) < 4.78 is 5.47. The van der Waals surface area contributed by atoms with Gasteiger partial charge in [-0.25, -0.2) is 0 Å². The molecule has 1 heterocycles. The highest BCUT2D eigenvalue weighted by Gasteiger charge is 2.17. The summed E-state index contributed by atoms with van der Waals surface area (Å²) in [6.07, 6.45) is 1.60. The molecule has 2 rings (SSSR count). The lowest BCUT2D eigenvalue weighted by Gasteiger charge is -2.17. The second kappa shape index (κ2) is 8.88. The number of rotatable bonds is 8. The standard InChI is InChI=1S/C18H23N3O3/c1-13(2)21-17(23)12-19-16(22)11-20-18(15-9-6-10-24-15)14-7-4-3-5-8-14/h3-10,13,18,20H,11-12H2,1-2H3,(H,19,22)(H,21,23)/t18-/m0/s1. The van der Waals surface area contributed by atoms with Gasteiger partial charge in [-0.2, -0.15) is 0 Å². The van der Waals surface area contributed by atoms with Gasteiger partial charge in [0.2, 0.25) is 11.8 Å². The summed E-state index contributed by atoms with van der Waals surface area (Å²) in [6.45, 7) is 3.79. The Morgan fingerprint density at radius 1 is 1.00 bits per heavy atom. The van der Waals surface area contributed by atoms with E-state index >= 15 is 0 Å². The number of benzene rings is 1. The van der Waals surface area contributed by atoms with E-state index in [4.69, 9.17) is 4.42 Å². The first-order valence-electron chi connectivity index (χ1n) is 7.94. The predicted octanol–water partition coefficient (Wildman–Crippen LogP) is 1.60. The van der Waals surface area contributed by atoms with Crippen molar-refractivity contribution < 1.29 is 14.0 Å². The molecular weight excluding hydrogens is 306 g/mol. The highest BCUT2D eigenvalue weighted by atomic mass is 16.3. The van der Waals surface area contributed by atoms with Gasteiger partial charge in [-0.3, -0.25) is 14.9 Å². The molecule has 6 heteroatoms. The highest BCUT2D eigenvalue weighted by Crippen LogP contribution is 2.21. The van der Waals surface area contributed by atoms with Crippen molar-refractivity contribution in [2.75, 3.05) is 13.1 Å². The maximum Gasteiger partial charge on any atom is 0.239 e. The van der Waals surface area contributed by atoms with Crippen molar-refractivity contribution in [2.24, 2.45) is 0 Å². The quantitative estimate of drug-likeness (QED) is 0.687. The number of furan rings is 1. The zero-order valence-corrected chi connectivity index (χ0v) is 13.9. The van der Waals surface area contributed by atoms with E-state index in [1.165, 1.54) is 0 Å². The molecule has 0 saturated heterocycles. The van der Waals surface area contributed by atoms with E-state index in [-0.39, 0.29) is 37.0 Å². The van der Waals surface area contributed by atoms with Crippen molar-refractivity contribution in [1.82, 2.24) is 16.0 Å². The Morgan fingerprint density at radius 2 is 1.75 bits per heavy atom. The summed E-state index contributed by atoms with van der Waals surface area (Å²) in [5.74, 6) is 0.275. The Bertz CT molecular complexity index is 639. The van der Waals surface area contributed by atoms with E-state index in [0.717, 1.165) is 11.3 Å². The number of nitrogens with one attached hydrogen (secondary N) is 3. The van der Waals surface area contributed by atoms with Crippen molar-refractivity contribution in [3.63, 3.8) is 0 Å². The van der Waals surface area contributed by atoms with Gasteiger partial charge in [0.25, 0.3) is 0 Å².